The summed E-state index contributed by atoms with van der Waals surface area (Å²) in [5, 5.41) is 12.2. The lowest BCUT2D eigenvalue weighted by Gasteiger charge is -2.14. The van der Waals surface area contributed by atoms with Crippen molar-refractivity contribution in [2.75, 3.05) is 5.75 Å². The van der Waals surface area contributed by atoms with Crippen LogP contribution in [-0.4, -0.2) is 26.4 Å². The summed E-state index contributed by atoms with van der Waals surface area (Å²) >= 11 is 1.35. The van der Waals surface area contributed by atoms with Gasteiger partial charge in [0.05, 0.1) is 11.8 Å². The molecular formula is C24H28N4O2S. The normalized spacial score (nSPS) is 11.7. The lowest BCUT2D eigenvalue weighted by Crippen LogP contribution is -2.28. The number of benzene rings is 2. The minimum atomic E-state index is -0.0525. The maximum absolute atomic E-state index is 12.4. The number of carbonyl (C=O) groups excluding carboxylic acids is 1. The Bertz CT molecular complexity index is 987. The molecule has 1 N–H and O–H groups in total. The summed E-state index contributed by atoms with van der Waals surface area (Å²) in [4.78, 5) is 12.4. The van der Waals surface area contributed by atoms with Gasteiger partial charge in [-0.25, -0.2) is 0 Å². The highest BCUT2D eigenvalue weighted by atomic mass is 32.2. The Morgan fingerprint density at radius 3 is 2.61 bits per heavy atom. The minimum Gasteiger partial charge on any atom is -0.486 e. The first kappa shape index (κ1) is 22.6. The van der Waals surface area contributed by atoms with Gasteiger partial charge in [0, 0.05) is 6.54 Å². The zero-order valence-corrected chi connectivity index (χ0v) is 18.8. The molecule has 1 heterocycles. The number of nitrogens with one attached hydrogen (secondary N) is 1. The zero-order chi connectivity index (χ0) is 22.1. The Kier molecular flexibility index (Phi) is 8.29. The molecular weight excluding hydrogens is 408 g/mol. The van der Waals surface area contributed by atoms with E-state index < -0.39 is 0 Å². The summed E-state index contributed by atoms with van der Waals surface area (Å²) in [7, 11) is 0. The molecule has 0 fully saturated rings. The van der Waals surface area contributed by atoms with Gasteiger partial charge in [-0.2, -0.15) is 0 Å². The molecule has 2 aromatic carbocycles. The second kappa shape index (κ2) is 11.4. The van der Waals surface area contributed by atoms with E-state index in [0.717, 1.165) is 17.7 Å². The van der Waals surface area contributed by atoms with Gasteiger partial charge in [0.15, 0.2) is 11.0 Å². The van der Waals surface area contributed by atoms with Crippen LogP contribution in [0.2, 0.25) is 0 Å². The van der Waals surface area contributed by atoms with Gasteiger partial charge in [-0.05, 0) is 36.6 Å². The summed E-state index contributed by atoms with van der Waals surface area (Å²) < 4.78 is 7.80. The highest BCUT2D eigenvalue weighted by molar-refractivity contribution is 7.99. The van der Waals surface area contributed by atoms with Gasteiger partial charge >= 0.3 is 0 Å². The highest BCUT2D eigenvalue weighted by Gasteiger charge is 2.15. The fourth-order valence-corrected chi connectivity index (χ4v) is 3.83. The van der Waals surface area contributed by atoms with Crippen molar-refractivity contribution in [3.63, 3.8) is 0 Å². The van der Waals surface area contributed by atoms with E-state index in [4.69, 9.17) is 4.74 Å². The molecule has 0 saturated carbocycles. The number of aromatic nitrogens is 3. The van der Waals surface area contributed by atoms with E-state index in [2.05, 4.69) is 41.1 Å². The van der Waals surface area contributed by atoms with E-state index in [1.165, 1.54) is 17.3 Å². The van der Waals surface area contributed by atoms with Crippen molar-refractivity contribution in [1.29, 1.82) is 0 Å². The largest absolute Gasteiger partial charge is 0.486 e. The molecule has 0 radical (unpaired) electrons. The molecule has 0 aliphatic carbocycles. The Morgan fingerprint density at radius 1 is 1.19 bits per heavy atom. The molecule has 0 unspecified atom stereocenters. The standard InChI is InChI=1S/C24H28N4O2S/c1-4-15-28-22(16-30-21-13-11-19(5-2)12-14-21)26-27-24(28)31-17-23(29)25-18(3)20-9-7-6-8-10-20/h4,6-14,18H,1,5,15-17H2,2-3H3,(H,25,29)/t18-/m1/s1. The first-order chi connectivity index (χ1) is 15.1. The molecule has 1 aromatic heterocycles. The molecule has 0 aliphatic rings. The van der Waals surface area contributed by atoms with Gasteiger partial charge in [0.1, 0.15) is 12.4 Å². The summed E-state index contributed by atoms with van der Waals surface area (Å²) in [6, 6.07) is 17.9. The number of allylic oxidation sites excluding steroid dienone is 1. The van der Waals surface area contributed by atoms with Crippen LogP contribution in [0.1, 0.15) is 36.8 Å². The molecule has 3 aromatic rings. The second-order valence-corrected chi connectivity index (χ2v) is 8.02. The van der Waals surface area contributed by atoms with Crippen molar-refractivity contribution in [3.05, 3.63) is 84.2 Å². The predicted molar refractivity (Wildman–Crippen MR) is 124 cm³/mol. The molecule has 162 valence electrons. The molecule has 0 spiro atoms. The number of ether oxygens (including phenoxy) is 1. The maximum Gasteiger partial charge on any atom is 0.230 e. The topological polar surface area (TPSA) is 69.0 Å². The summed E-state index contributed by atoms with van der Waals surface area (Å²) in [5.74, 6) is 1.68. The Morgan fingerprint density at radius 2 is 1.94 bits per heavy atom. The molecule has 1 amide bonds. The van der Waals surface area contributed by atoms with Crippen molar-refractivity contribution in [2.45, 2.75) is 44.6 Å². The number of hydrogen-bond acceptors (Lipinski definition) is 5. The molecule has 1 atom stereocenters. The van der Waals surface area contributed by atoms with E-state index in [1.807, 2.05) is 54.0 Å². The van der Waals surface area contributed by atoms with Crippen molar-refractivity contribution >= 4 is 17.7 Å². The first-order valence-corrected chi connectivity index (χ1v) is 11.3. The van der Waals surface area contributed by atoms with Gasteiger partial charge < -0.3 is 10.1 Å². The van der Waals surface area contributed by atoms with E-state index >= 15 is 0 Å². The smallest absolute Gasteiger partial charge is 0.230 e. The lowest BCUT2D eigenvalue weighted by molar-refractivity contribution is -0.119. The van der Waals surface area contributed by atoms with Gasteiger partial charge in [-0.1, -0.05) is 67.2 Å². The zero-order valence-electron chi connectivity index (χ0n) is 18.0. The van der Waals surface area contributed by atoms with Crippen molar-refractivity contribution in [1.82, 2.24) is 20.1 Å². The molecule has 0 bridgehead atoms. The third-order valence-electron chi connectivity index (χ3n) is 4.81. The summed E-state index contributed by atoms with van der Waals surface area (Å²) in [6.45, 7) is 8.75. The minimum absolute atomic E-state index is 0.0524. The van der Waals surface area contributed by atoms with Gasteiger partial charge in [-0.15, -0.1) is 16.8 Å². The molecule has 6 nitrogen and oxygen atoms in total. The summed E-state index contributed by atoms with van der Waals surface area (Å²) in [5.41, 5.74) is 2.34. The quantitative estimate of drug-likeness (QED) is 0.352. The van der Waals surface area contributed by atoms with Crippen LogP contribution < -0.4 is 10.1 Å². The highest BCUT2D eigenvalue weighted by Crippen LogP contribution is 2.20. The van der Waals surface area contributed by atoms with Crippen molar-refractivity contribution < 1.29 is 9.53 Å². The predicted octanol–water partition coefficient (Wildman–Crippen LogP) is 4.58. The van der Waals surface area contributed by atoms with Crippen LogP contribution in [0.4, 0.5) is 0 Å². The van der Waals surface area contributed by atoms with Crippen LogP contribution in [0.3, 0.4) is 0 Å². The van der Waals surface area contributed by atoms with Crippen molar-refractivity contribution in [2.24, 2.45) is 0 Å². The van der Waals surface area contributed by atoms with Crippen LogP contribution in [0, 0.1) is 0 Å². The van der Waals surface area contributed by atoms with E-state index in [-0.39, 0.29) is 17.7 Å². The Hall–Kier alpha value is -3.06. The third kappa shape index (κ3) is 6.46. The van der Waals surface area contributed by atoms with Gasteiger partial charge in [0.2, 0.25) is 5.91 Å². The van der Waals surface area contributed by atoms with Crippen LogP contribution in [0.5, 0.6) is 5.75 Å². The third-order valence-corrected chi connectivity index (χ3v) is 5.78. The van der Waals surface area contributed by atoms with Gasteiger partial charge in [0.25, 0.3) is 0 Å². The maximum atomic E-state index is 12.4. The number of amides is 1. The fourth-order valence-electron chi connectivity index (χ4n) is 3.05. The second-order valence-electron chi connectivity index (χ2n) is 7.07. The average molecular weight is 437 g/mol. The first-order valence-electron chi connectivity index (χ1n) is 10.3. The van der Waals surface area contributed by atoms with E-state index in [0.29, 0.717) is 24.1 Å². The SMILES string of the molecule is C=CCn1c(COc2ccc(CC)cc2)nnc1SCC(=O)N[C@H](C)c1ccccc1. The molecule has 0 saturated heterocycles. The van der Waals surface area contributed by atoms with E-state index in [1.54, 1.807) is 6.08 Å². The molecule has 3 rings (SSSR count). The van der Waals surface area contributed by atoms with Crippen LogP contribution >= 0.6 is 11.8 Å². The van der Waals surface area contributed by atoms with E-state index in [9.17, 15) is 4.79 Å². The number of rotatable bonds is 11. The number of carbonyl (C=O) groups is 1. The van der Waals surface area contributed by atoms with Crippen LogP contribution in [0.15, 0.2) is 72.4 Å². The van der Waals surface area contributed by atoms with Crippen LogP contribution in [0.25, 0.3) is 0 Å². The number of hydrogen-bond donors (Lipinski definition) is 1. The molecule has 31 heavy (non-hydrogen) atoms. The monoisotopic (exact) mass is 436 g/mol. The molecule has 7 heteroatoms. The van der Waals surface area contributed by atoms with Crippen molar-refractivity contribution in [3.8, 4) is 5.75 Å². The fraction of sp³-hybridized carbons (Fsp3) is 0.292. The Balaban J connectivity index is 1.57. The number of thioether (sulfide) groups is 1. The summed E-state index contributed by atoms with van der Waals surface area (Å²) in [6.07, 6.45) is 2.77. The van der Waals surface area contributed by atoms with Crippen LogP contribution in [-0.2, 0) is 24.4 Å². The Labute approximate surface area is 187 Å². The number of aryl methyl sites for hydroxylation is 1. The average Bonchev–Trinajstić information content (AvgIpc) is 3.19. The number of nitrogens with zero attached hydrogens (tertiary/aromatic N) is 3. The van der Waals surface area contributed by atoms with Gasteiger partial charge in [-0.3, -0.25) is 9.36 Å². The lowest BCUT2D eigenvalue weighted by atomic mass is 10.1. The molecule has 0 aliphatic heterocycles.